The van der Waals surface area contributed by atoms with Gasteiger partial charge in [0.05, 0.1) is 24.4 Å². The first-order chi connectivity index (χ1) is 7.06. The van der Waals surface area contributed by atoms with E-state index >= 15 is 0 Å². The van der Waals surface area contributed by atoms with E-state index in [1.54, 1.807) is 10.8 Å². The van der Waals surface area contributed by atoms with Gasteiger partial charge in [-0.1, -0.05) is 6.92 Å². The number of hydrogen-bond donors (Lipinski definition) is 3. The number of hydrogen-bond acceptors (Lipinski definition) is 4. The number of imidazole rings is 1. The van der Waals surface area contributed by atoms with Crippen molar-refractivity contribution in [3.05, 3.63) is 17.7 Å². The summed E-state index contributed by atoms with van der Waals surface area (Å²) in [5.41, 5.74) is 0.830. The van der Waals surface area contributed by atoms with Gasteiger partial charge in [-0.3, -0.25) is 0 Å². The van der Waals surface area contributed by atoms with E-state index < -0.39 is 18.2 Å². The molecule has 0 aliphatic carbocycles. The van der Waals surface area contributed by atoms with Crippen LogP contribution in [0.2, 0.25) is 0 Å². The first-order valence-electron chi connectivity index (χ1n) is 5.08. The normalized spacial score (nSPS) is 35.3. The first kappa shape index (κ1) is 10.6. The molecule has 0 spiro atoms. The molecular weight excluding hydrogens is 196 g/mol. The second kappa shape index (κ2) is 3.59. The van der Waals surface area contributed by atoms with Crippen molar-refractivity contribution < 1.29 is 15.3 Å². The standard InChI is InChI=1S/C10H16N2O3/c1-5-3-12-7(4-13)9(15)8(14)6(2)10(12)11-5/h3,6-9,13-15H,4H2,1-2H3/t6-,7-,8-,9-/m1/s1. The highest BCUT2D eigenvalue weighted by Gasteiger charge is 2.39. The minimum Gasteiger partial charge on any atom is -0.394 e. The van der Waals surface area contributed by atoms with E-state index in [2.05, 4.69) is 4.98 Å². The summed E-state index contributed by atoms with van der Waals surface area (Å²) in [5, 5.41) is 28.8. The quantitative estimate of drug-likeness (QED) is 0.590. The molecule has 1 aromatic rings. The molecule has 2 heterocycles. The summed E-state index contributed by atoms with van der Waals surface area (Å²) >= 11 is 0. The van der Waals surface area contributed by atoms with E-state index in [0.717, 1.165) is 11.5 Å². The Morgan fingerprint density at radius 3 is 2.67 bits per heavy atom. The van der Waals surface area contributed by atoms with Gasteiger partial charge < -0.3 is 19.9 Å². The molecule has 1 aromatic heterocycles. The monoisotopic (exact) mass is 212 g/mol. The maximum absolute atomic E-state index is 9.81. The number of nitrogens with zero attached hydrogens (tertiary/aromatic N) is 2. The summed E-state index contributed by atoms with van der Waals surface area (Å²) in [6, 6.07) is -0.493. The van der Waals surface area contributed by atoms with Gasteiger partial charge in [-0.25, -0.2) is 4.98 Å². The lowest BCUT2D eigenvalue weighted by atomic mass is 9.90. The summed E-state index contributed by atoms with van der Waals surface area (Å²) in [6.45, 7) is 3.47. The Balaban J connectivity index is 2.49. The van der Waals surface area contributed by atoms with Crippen LogP contribution in [0.15, 0.2) is 6.20 Å². The van der Waals surface area contributed by atoms with Crippen molar-refractivity contribution >= 4 is 0 Å². The highest BCUT2D eigenvalue weighted by atomic mass is 16.3. The molecule has 0 bridgehead atoms. The number of aliphatic hydroxyl groups is 3. The lowest BCUT2D eigenvalue weighted by Crippen LogP contribution is -2.45. The smallest absolute Gasteiger partial charge is 0.114 e. The van der Waals surface area contributed by atoms with E-state index in [0.29, 0.717) is 0 Å². The molecular formula is C10H16N2O3. The zero-order valence-corrected chi connectivity index (χ0v) is 8.83. The second-order valence-corrected chi connectivity index (χ2v) is 4.17. The average molecular weight is 212 g/mol. The number of fused-ring (bicyclic) bond motifs is 1. The van der Waals surface area contributed by atoms with Crippen LogP contribution >= 0.6 is 0 Å². The van der Waals surface area contributed by atoms with Gasteiger partial charge in [0.25, 0.3) is 0 Å². The largest absolute Gasteiger partial charge is 0.394 e. The molecule has 1 aliphatic rings. The van der Waals surface area contributed by atoms with Crippen LogP contribution in [0.25, 0.3) is 0 Å². The summed E-state index contributed by atoms with van der Waals surface area (Å²) < 4.78 is 1.76. The van der Waals surface area contributed by atoms with Gasteiger partial charge in [0.1, 0.15) is 11.9 Å². The maximum Gasteiger partial charge on any atom is 0.114 e. The van der Waals surface area contributed by atoms with Gasteiger partial charge in [0, 0.05) is 12.1 Å². The molecule has 3 N–H and O–H groups in total. The molecule has 84 valence electrons. The van der Waals surface area contributed by atoms with E-state index in [9.17, 15) is 15.3 Å². The Bertz CT molecular complexity index is 364. The van der Waals surface area contributed by atoms with Crippen molar-refractivity contribution in [1.29, 1.82) is 0 Å². The van der Waals surface area contributed by atoms with E-state index in [1.165, 1.54) is 0 Å². The van der Waals surface area contributed by atoms with Crippen LogP contribution in [0.3, 0.4) is 0 Å². The zero-order chi connectivity index (χ0) is 11.2. The fourth-order valence-electron chi connectivity index (χ4n) is 2.17. The molecule has 1 aliphatic heterocycles. The number of aliphatic hydroxyl groups excluding tert-OH is 3. The molecule has 2 rings (SSSR count). The predicted octanol–water partition coefficient (Wildman–Crippen LogP) is -0.436. The Hall–Kier alpha value is -0.910. The molecule has 15 heavy (non-hydrogen) atoms. The minimum atomic E-state index is -0.939. The van der Waals surface area contributed by atoms with Gasteiger partial charge >= 0.3 is 0 Å². The third-order valence-electron chi connectivity index (χ3n) is 3.09. The van der Waals surface area contributed by atoms with E-state index in [4.69, 9.17) is 0 Å². The lowest BCUT2D eigenvalue weighted by Gasteiger charge is -2.36. The van der Waals surface area contributed by atoms with Gasteiger partial charge in [-0.2, -0.15) is 0 Å². The van der Waals surface area contributed by atoms with Gasteiger partial charge in [-0.15, -0.1) is 0 Å². The van der Waals surface area contributed by atoms with Crippen molar-refractivity contribution in [2.24, 2.45) is 0 Å². The molecule has 0 aromatic carbocycles. The summed E-state index contributed by atoms with van der Waals surface area (Å²) in [6.07, 6.45) is -0.00972. The highest BCUT2D eigenvalue weighted by Crippen LogP contribution is 2.33. The van der Waals surface area contributed by atoms with Gasteiger partial charge in [0.15, 0.2) is 0 Å². The van der Waals surface area contributed by atoms with Crippen LogP contribution in [-0.4, -0.2) is 43.7 Å². The second-order valence-electron chi connectivity index (χ2n) is 4.17. The Labute approximate surface area is 88.0 Å². The van der Waals surface area contributed by atoms with Crippen LogP contribution in [0.1, 0.15) is 30.4 Å². The Morgan fingerprint density at radius 2 is 2.07 bits per heavy atom. The zero-order valence-electron chi connectivity index (χ0n) is 8.83. The van der Waals surface area contributed by atoms with Crippen LogP contribution < -0.4 is 0 Å². The fraction of sp³-hybridized carbons (Fsp3) is 0.700. The first-order valence-corrected chi connectivity index (χ1v) is 5.08. The van der Waals surface area contributed by atoms with Crippen LogP contribution in [0, 0.1) is 6.92 Å². The third-order valence-corrected chi connectivity index (χ3v) is 3.09. The highest BCUT2D eigenvalue weighted by molar-refractivity contribution is 5.15. The molecule has 0 fully saturated rings. The average Bonchev–Trinajstić information content (AvgIpc) is 2.58. The molecule has 5 nitrogen and oxygen atoms in total. The number of aryl methyl sites for hydroxylation is 1. The third kappa shape index (κ3) is 1.47. The summed E-state index contributed by atoms with van der Waals surface area (Å²) in [7, 11) is 0. The van der Waals surface area contributed by atoms with Crippen molar-refractivity contribution in [1.82, 2.24) is 9.55 Å². The minimum absolute atomic E-state index is 0.201. The van der Waals surface area contributed by atoms with Gasteiger partial charge in [0.2, 0.25) is 0 Å². The van der Waals surface area contributed by atoms with Gasteiger partial charge in [-0.05, 0) is 6.92 Å². The molecule has 0 saturated heterocycles. The predicted molar refractivity (Wildman–Crippen MR) is 53.5 cm³/mol. The summed E-state index contributed by atoms with van der Waals surface area (Å²) in [4.78, 5) is 4.30. The van der Waals surface area contributed by atoms with Crippen LogP contribution in [0.4, 0.5) is 0 Å². The molecule has 5 heteroatoms. The number of aromatic nitrogens is 2. The topological polar surface area (TPSA) is 78.5 Å². The lowest BCUT2D eigenvalue weighted by molar-refractivity contribution is -0.0544. The van der Waals surface area contributed by atoms with E-state index in [-0.39, 0.29) is 12.5 Å². The molecule has 0 radical (unpaired) electrons. The molecule has 4 atom stereocenters. The molecule has 0 saturated carbocycles. The van der Waals surface area contributed by atoms with Crippen LogP contribution in [0.5, 0.6) is 0 Å². The Morgan fingerprint density at radius 1 is 1.40 bits per heavy atom. The molecule has 0 unspecified atom stereocenters. The van der Waals surface area contributed by atoms with Crippen molar-refractivity contribution in [3.63, 3.8) is 0 Å². The van der Waals surface area contributed by atoms with Crippen molar-refractivity contribution in [2.45, 2.75) is 38.0 Å². The summed E-state index contributed by atoms with van der Waals surface area (Å²) in [5.74, 6) is 0.515. The maximum atomic E-state index is 9.81. The van der Waals surface area contributed by atoms with Crippen LogP contribution in [-0.2, 0) is 0 Å². The van der Waals surface area contributed by atoms with E-state index in [1.807, 2.05) is 13.8 Å². The van der Waals surface area contributed by atoms with Crippen molar-refractivity contribution in [2.75, 3.05) is 6.61 Å². The van der Waals surface area contributed by atoms with Crippen molar-refractivity contribution in [3.8, 4) is 0 Å². The fourth-order valence-corrected chi connectivity index (χ4v) is 2.17. The SMILES string of the molecule is Cc1cn2c(n1)[C@H](C)[C@@H](O)[C@H](O)[C@H]2CO. The number of rotatable bonds is 1. The molecule has 0 amide bonds. The Kier molecular flexibility index (Phi) is 2.54.